The molecule has 0 spiro atoms. The van der Waals surface area contributed by atoms with Crippen molar-refractivity contribution in [1.82, 2.24) is 25.4 Å². The molecule has 3 fully saturated rings. The van der Waals surface area contributed by atoms with Gasteiger partial charge in [0, 0.05) is 39.0 Å². The van der Waals surface area contributed by atoms with Gasteiger partial charge in [-0.2, -0.15) is 0 Å². The molecule has 1 saturated heterocycles. The monoisotopic (exact) mass is 411 g/mol. The van der Waals surface area contributed by atoms with Crippen LogP contribution in [0.3, 0.4) is 0 Å². The van der Waals surface area contributed by atoms with Crippen LogP contribution < -0.4 is 5.32 Å². The Balaban J connectivity index is 1.21. The Morgan fingerprint density at radius 3 is 2.83 bits per heavy atom. The zero-order valence-corrected chi connectivity index (χ0v) is 17.4. The van der Waals surface area contributed by atoms with Crippen LogP contribution in [0.2, 0.25) is 0 Å². The van der Waals surface area contributed by atoms with Crippen LogP contribution in [-0.4, -0.2) is 57.8 Å². The van der Waals surface area contributed by atoms with Gasteiger partial charge in [0.15, 0.2) is 0 Å². The quantitative estimate of drug-likeness (QED) is 0.747. The summed E-state index contributed by atoms with van der Waals surface area (Å²) in [5.41, 5.74) is 0.833. The van der Waals surface area contributed by atoms with Gasteiger partial charge in [0.2, 0.25) is 17.7 Å². The highest BCUT2D eigenvalue weighted by molar-refractivity contribution is 5.73. The molecule has 4 atom stereocenters. The standard InChI is InChI=1S/C22H29N5O3/c1-14(28)24-19-7-17-10-27(11-18(17)8-20(19)29-13-15-4-5-15)12-21-25-26-22(30-21)16-3-2-6-23-9-16/h2-3,6,9,15,17-20H,4-5,7-8,10-13H2,1H3,(H,24,28)/t17-,18+,19-,20-/m1/s1. The number of nitrogens with one attached hydrogen (secondary N) is 1. The molecule has 2 saturated carbocycles. The third-order valence-corrected chi connectivity index (χ3v) is 6.56. The second-order valence-corrected chi connectivity index (χ2v) is 9.05. The lowest BCUT2D eigenvalue weighted by Gasteiger charge is -2.38. The Bertz CT molecular complexity index is 869. The van der Waals surface area contributed by atoms with Crippen molar-refractivity contribution in [3.8, 4) is 11.5 Å². The molecule has 3 aliphatic rings. The van der Waals surface area contributed by atoms with Crippen molar-refractivity contribution in [3.05, 3.63) is 30.4 Å². The molecule has 0 aromatic carbocycles. The average Bonchev–Trinajstić information content (AvgIpc) is 3.31. The highest BCUT2D eigenvalue weighted by Crippen LogP contribution is 2.39. The normalized spacial score (nSPS) is 29.0. The maximum Gasteiger partial charge on any atom is 0.249 e. The van der Waals surface area contributed by atoms with Gasteiger partial charge in [-0.15, -0.1) is 10.2 Å². The van der Waals surface area contributed by atoms with Gasteiger partial charge in [-0.1, -0.05) is 0 Å². The minimum absolute atomic E-state index is 0.0297. The second-order valence-electron chi connectivity index (χ2n) is 9.05. The van der Waals surface area contributed by atoms with E-state index in [0.29, 0.717) is 30.2 Å². The molecule has 160 valence electrons. The Morgan fingerprint density at radius 1 is 1.27 bits per heavy atom. The van der Waals surface area contributed by atoms with Crippen LogP contribution in [0.25, 0.3) is 11.5 Å². The highest BCUT2D eigenvalue weighted by Gasteiger charge is 2.43. The minimum atomic E-state index is 0.0297. The molecule has 30 heavy (non-hydrogen) atoms. The molecule has 8 heteroatoms. The molecular formula is C22H29N5O3. The number of ether oxygens (including phenoxy) is 1. The second kappa shape index (κ2) is 8.43. The van der Waals surface area contributed by atoms with E-state index in [0.717, 1.165) is 44.0 Å². The fraction of sp³-hybridized carbons (Fsp3) is 0.636. The van der Waals surface area contributed by atoms with E-state index in [1.54, 1.807) is 19.3 Å². The fourth-order valence-electron chi connectivity index (χ4n) is 4.90. The summed E-state index contributed by atoms with van der Waals surface area (Å²) in [7, 11) is 0. The molecule has 0 radical (unpaired) electrons. The molecular weight excluding hydrogens is 382 g/mol. The zero-order chi connectivity index (χ0) is 20.5. The Kier molecular flexibility index (Phi) is 5.52. The first-order valence-electron chi connectivity index (χ1n) is 11.0. The van der Waals surface area contributed by atoms with Crippen molar-refractivity contribution in [2.24, 2.45) is 17.8 Å². The Hall–Kier alpha value is -2.32. The number of carbonyl (C=O) groups is 1. The summed E-state index contributed by atoms with van der Waals surface area (Å²) in [4.78, 5) is 18.2. The Morgan fingerprint density at radius 2 is 2.10 bits per heavy atom. The molecule has 1 aliphatic heterocycles. The molecule has 2 aromatic heterocycles. The van der Waals surface area contributed by atoms with Crippen LogP contribution in [0.1, 0.15) is 38.5 Å². The summed E-state index contributed by atoms with van der Waals surface area (Å²) in [6.45, 7) is 5.08. The van der Waals surface area contributed by atoms with Crippen LogP contribution >= 0.6 is 0 Å². The summed E-state index contributed by atoms with van der Waals surface area (Å²) in [5.74, 6) is 3.04. The minimum Gasteiger partial charge on any atom is -0.419 e. The summed E-state index contributed by atoms with van der Waals surface area (Å²) < 4.78 is 12.1. The van der Waals surface area contributed by atoms with Gasteiger partial charge in [-0.05, 0) is 55.6 Å². The Labute approximate surface area is 176 Å². The lowest BCUT2D eigenvalue weighted by Crippen LogP contribution is -2.50. The maximum absolute atomic E-state index is 11.7. The van der Waals surface area contributed by atoms with Crippen LogP contribution in [0.5, 0.6) is 0 Å². The molecule has 1 amide bonds. The number of fused-ring (bicyclic) bond motifs is 1. The number of pyridine rings is 1. The molecule has 0 bridgehead atoms. The van der Waals surface area contributed by atoms with Gasteiger partial charge >= 0.3 is 0 Å². The maximum atomic E-state index is 11.7. The van der Waals surface area contributed by atoms with Gasteiger partial charge in [-0.25, -0.2) is 0 Å². The first-order chi connectivity index (χ1) is 14.6. The molecule has 5 rings (SSSR count). The van der Waals surface area contributed by atoms with Crippen LogP contribution in [0.15, 0.2) is 28.9 Å². The number of nitrogens with zero attached hydrogens (tertiary/aromatic N) is 4. The van der Waals surface area contributed by atoms with Gasteiger partial charge in [-0.3, -0.25) is 14.7 Å². The SMILES string of the molecule is CC(=O)N[C@@H]1C[C@@H]2CN(Cc3nnc(-c4cccnc4)o3)C[C@@H]2C[C@H]1OCC1CC1. The van der Waals surface area contributed by atoms with E-state index >= 15 is 0 Å². The number of amides is 1. The van der Waals surface area contributed by atoms with Crippen molar-refractivity contribution < 1.29 is 13.9 Å². The van der Waals surface area contributed by atoms with Gasteiger partial charge in [0.25, 0.3) is 0 Å². The molecule has 2 aliphatic carbocycles. The van der Waals surface area contributed by atoms with E-state index in [9.17, 15) is 4.79 Å². The molecule has 1 N–H and O–H groups in total. The fourth-order valence-corrected chi connectivity index (χ4v) is 4.90. The average molecular weight is 412 g/mol. The summed E-state index contributed by atoms with van der Waals surface area (Å²) in [5, 5.41) is 11.5. The number of likely N-dealkylation sites (tertiary alicyclic amines) is 1. The summed E-state index contributed by atoms with van der Waals surface area (Å²) in [6.07, 6.45) is 8.11. The number of aromatic nitrogens is 3. The van der Waals surface area contributed by atoms with E-state index in [2.05, 4.69) is 25.4 Å². The van der Waals surface area contributed by atoms with Gasteiger partial charge < -0.3 is 14.5 Å². The summed E-state index contributed by atoms with van der Waals surface area (Å²) in [6, 6.07) is 3.89. The predicted octanol–water partition coefficient (Wildman–Crippen LogP) is 2.27. The van der Waals surface area contributed by atoms with Crippen LogP contribution in [-0.2, 0) is 16.1 Å². The van der Waals surface area contributed by atoms with Crippen LogP contribution in [0.4, 0.5) is 0 Å². The zero-order valence-electron chi connectivity index (χ0n) is 17.4. The van der Waals surface area contributed by atoms with Crippen molar-refractivity contribution >= 4 is 5.91 Å². The first-order valence-corrected chi connectivity index (χ1v) is 11.0. The van der Waals surface area contributed by atoms with Crippen molar-refractivity contribution in [1.29, 1.82) is 0 Å². The van der Waals surface area contributed by atoms with E-state index in [4.69, 9.17) is 9.15 Å². The highest BCUT2D eigenvalue weighted by atomic mass is 16.5. The topological polar surface area (TPSA) is 93.4 Å². The lowest BCUT2D eigenvalue weighted by molar-refractivity contribution is -0.122. The largest absolute Gasteiger partial charge is 0.419 e. The summed E-state index contributed by atoms with van der Waals surface area (Å²) >= 11 is 0. The van der Waals surface area contributed by atoms with Crippen molar-refractivity contribution in [2.75, 3.05) is 19.7 Å². The predicted molar refractivity (Wildman–Crippen MR) is 109 cm³/mol. The van der Waals surface area contributed by atoms with Gasteiger partial charge in [0.1, 0.15) is 0 Å². The molecule has 0 unspecified atom stereocenters. The third-order valence-electron chi connectivity index (χ3n) is 6.56. The van der Waals surface area contributed by atoms with Crippen molar-refractivity contribution in [2.45, 2.75) is 51.3 Å². The van der Waals surface area contributed by atoms with E-state index in [-0.39, 0.29) is 18.1 Å². The van der Waals surface area contributed by atoms with Gasteiger partial charge in [0.05, 0.1) is 24.3 Å². The van der Waals surface area contributed by atoms with E-state index in [1.165, 1.54) is 12.8 Å². The van der Waals surface area contributed by atoms with E-state index in [1.807, 2.05) is 12.1 Å². The molecule has 2 aromatic rings. The van der Waals surface area contributed by atoms with E-state index < -0.39 is 0 Å². The number of hydrogen-bond donors (Lipinski definition) is 1. The first kappa shape index (κ1) is 19.6. The van der Waals surface area contributed by atoms with Crippen LogP contribution in [0, 0.1) is 17.8 Å². The number of rotatable bonds is 7. The number of hydrogen-bond acceptors (Lipinski definition) is 7. The third kappa shape index (κ3) is 4.54. The smallest absolute Gasteiger partial charge is 0.249 e. The van der Waals surface area contributed by atoms with Crippen molar-refractivity contribution in [3.63, 3.8) is 0 Å². The number of carbonyl (C=O) groups excluding carboxylic acids is 1. The molecule has 8 nitrogen and oxygen atoms in total. The lowest BCUT2D eigenvalue weighted by atomic mass is 9.77. The molecule has 3 heterocycles.